The van der Waals surface area contributed by atoms with Crippen LogP contribution in [0, 0.1) is 5.92 Å². The zero-order chi connectivity index (χ0) is 15.9. The van der Waals surface area contributed by atoms with Gasteiger partial charge in [-0.25, -0.2) is 0 Å². The Hall–Kier alpha value is -1.75. The van der Waals surface area contributed by atoms with E-state index < -0.39 is 0 Å². The predicted molar refractivity (Wildman–Crippen MR) is 92.5 cm³/mol. The maximum Gasteiger partial charge on any atom is 0.193 e. The van der Waals surface area contributed by atoms with Crippen LogP contribution in [0.3, 0.4) is 0 Å². The SMILES string of the molecule is CN=C(NCc1ccc(N(C)C)cc1)N1CCC(COC)C1. The molecule has 1 aliphatic rings. The lowest BCUT2D eigenvalue weighted by Crippen LogP contribution is -2.39. The van der Waals surface area contributed by atoms with Crippen LogP contribution in [0.5, 0.6) is 0 Å². The molecule has 1 heterocycles. The molecular formula is C17H28N4O. The molecule has 0 spiro atoms. The summed E-state index contributed by atoms with van der Waals surface area (Å²) in [6.07, 6.45) is 1.17. The lowest BCUT2D eigenvalue weighted by atomic mass is 10.1. The quantitative estimate of drug-likeness (QED) is 0.665. The molecule has 1 atom stereocenters. The Morgan fingerprint density at radius 3 is 2.68 bits per heavy atom. The maximum absolute atomic E-state index is 5.26. The van der Waals surface area contributed by atoms with Crippen LogP contribution in [0.15, 0.2) is 29.3 Å². The number of rotatable bonds is 5. The summed E-state index contributed by atoms with van der Waals surface area (Å²) in [5.74, 6) is 1.60. The first-order chi connectivity index (χ1) is 10.6. The number of methoxy groups -OCH3 is 1. The van der Waals surface area contributed by atoms with Gasteiger partial charge >= 0.3 is 0 Å². The number of hydrogen-bond donors (Lipinski definition) is 1. The van der Waals surface area contributed by atoms with Gasteiger partial charge in [0.2, 0.25) is 0 Å². The van der Waals surface area contributed by atoms with Crippen LogP contribution >= 0.6 is 0 Å². The highest BCUT2D eigenvalue weighted by molar-refractivity contribution is 5.80. The summed E-state index contributed by atoms with van der Waals surface area (Å²) < 4.78 is 5.26. The van der Waals surface area contributed by atoms with Crippen molar-refractivity contribution in [2.75, 3.05) is 52.8 Å². The molecule has 0 bridgehead atoms. The highest BCUT2D eigenvalue weighted by Gasteiger charge is 2.24. The molecule has 1 aliphatic heterocycles. The number of aliphatic imine (C=N–C) groups is 1. The number of likely N-dealkylation sites (tertiary alicyclic amines) is 1. The van der Waals surface area contributed by atoms with Gasteiger partial charge in [0.25, 0.3) is 0 Å². The summed E-state index contributed by atoms with van der Waals surface area (Å²) in [6, 6.07) is 8.61. The van der Waals surface area contributed by atoms with Crippen molar-refractivity contribution >= 4 is 11.6 Å². The topological polar surface area (TPSA) is 40.1 Å². The van der Waals surface area contributed by atoms with Crippen LogP contribution < -0.4 is 10.2 Å². The van der Waals surface area contributed by atoms with Crippen molar-refractivity contribution in [2.24, 2.45) is 10.9 Å². The Bertz CT molecular complexity index is 484. The standard InChI is InChI=1S/C17H28N4O/c1-18-17(21-10-9-15(12-21)13-22-4)19-11-14-5-7-16(8-6-14)20(2)3/h5-8,15H,9-13H2,1-4H3,(H,18,19). The fourth-order valence-corrected chi connectivity index (χ4v) is 2.82. The molecule has 0 saturated carbocycles. The zero-order valence-electron chi connectivity index (χ0n) is 14.2. The molecule has 1 saturated heterocycles. The van der Waals surface area contributed by atoms with Crippen molar-refractivity contribution in [1.29, 1.82) is 0 Å². The van der Waals surface area contributed by atoms with E-state index in [1.165, 1.54) is 17.7 Å². The Labute approximate surface area is 134 Å². The van der Waals surface area contributed by atoms with Gasteiger partial charge in [-0.15, -0.1) is 0 Å². The van der Waals surface area contributed by atoms with E-state index in [1.54, 1.807) is 7.11 Å². The third-order valence-corrected chi connectivity index (χ3v) is 4.10. The van der Waals surface area contributed by atoms with Crippen LogP contribution in [0.25, 0.3) is 0 Å². The number of anilines is 1. The third kappa shape index (κ3) is 4.37. The van der Waals surface area contributed by atoms with Gasteiger partial charge in [-0.3, -0.25) is 4.99 Å². The predicted octanol–water partition coefficient (Wildman–Crippen LogP) is 1.80. The van der Waals surface area contributed by atoms with E-state index in [1.807, 2.05) is 7.05 Å². The first-order valence-electron chi connectivity index (χ1n) is 7.85. The summed E-state index contributed by atoms with van der Waals surface area (Å²) in [5.41, 5.74) is 2.48. The highest BCUT2D eigenvalue weighted by atomic mass is 16.5. The van der Waals surface area contributed by atoms with Gasteiger partial charge in [0.1, 0.15) is 0 Å². The van der Waals surface area contributed by atoms with Crippen molar-refractivity contribution in [3.63, 3.8) is 0 Å². The van der Waals surface area contributed by atoms with E-state index >= 15 is 0 Å². The summed E-state index contributed by atoms with van der Waals surface area (Å²) >= 11 is 0. The van der Waals surface area contributed by atoms with Gasteiger partial charge in [-0.1, -0.05) is 12.1 Å². The normalized spacial score (nSPS) is 18.6. The molecule has 0 aromatic heterocycles. The second kappa shape index (κ2) is 8.03. The second-order valence-electron chi connectivity index (χ2n) is 6.02. The summed E-state index contributed by atoms with van der Waals surface area (Å²) in [5, 5.41) is 3.46. The number of benzene rings is 1. The molecule has 1 aromatic rings. The van der Waals surface area contributed by atoms with Gasteiger partial charge < -0.3 is 19.9 Å². The van der Waals surface area contributed by atoms with E-state index in [2.05, 4.69) is 58.5 Å². The molecule has 2 rings (SSSR count). The number of guanidine groups is 1. The highest BCUT2D eigenvalue weighted by Crippen LogP contribution is 2.17. The molecule has 5 nitrogen and oxygen atoms in total. The fraction of sp³-hybridized carbons (Fsp3) is 0.588. The van der Waals surface area contributed by atoms with Crippen LogP contribution in [0.1, 0.15) is 12.0 Å². The average Bonchev–Trinajstić information content (AvgIpc) is 2.97. The number of hydrogen-bond acceptors (Lipinski definition) is 3. The Kier molecular flexibility index (Phi) is 6.07. The molecule has 1 N–H and O–H groups in total. The number of ether oxygens (including phenoxy) is 1. The molecule has 1 unspecified atom stereocenters. The monoisotopic (exact) mass is 304 g/mol. The molecule has 1 aromatic carbocycles. The molecule has 22 heavy (non-hydrogen) atoms. The summed E-state index contributed by atoms with van der Waals surface area (Å²) in [4.78, 5) is 8.83. The minimum Gasteiger partial charge on any atom is -0.384 e. The Morgan fingerprint density at radius 2 is 2.09 bits per heavy atom. The fourth-order valence-electron chi connectivity index (χ4n) is 2.82. The average molecular weight is 304 g/mol. The van der Waals surface area contributed by atoms with Gasteiger partial charge in [-0.05, 0) is 24.1 Å². The molecule has 1 fully saturated rings. The van der Waals surface area contributed by atoms with E-state index in [9.17, 15) is 0 Å². The minimum atomic E-state index is 0.614. The van der Waals surface area contributed by atoms with Crippen LogP contribution in [-0.4, -0.2) is 58.8 Å². The maximum atomic E-state index is 5.26. The van der Waals surface area contributed by atoms with Crippen molar-refractivity contribution in [2.45, 2.75) is 13.0 Å². The minimum absolute atomic E-state index is 0.614. The van der Waals surface area contributed by atoms with Gasteiger partial charge in [0.05, 0.1) is 6.61 Å². The van der Waals surface area contributed by atoms with Gasteiger partial charge in [-0.2, -0.15) is 0 Å². The molecule has 122 valence electrons. The van der Waals surface area contributed by atoms with Gasteiger partial charge in [0, 0.05) is 59.5 Å². The van der Waals surface area contributed by atoms with E-state index in [0.29, 0.717) is 5.92 Å². The van der Waals surface area contributed by atoms with Crippen LogP contribution in [0.4, 0.5) is 5.69 Å². The summed E-state index contributed by atoms with van der Waals surface area (Å²) in [7, 11) is 7.73. The summed E-state index contributed by atoms with van der Waals surface area (Å²) in [6.45, 7) is 3.70. The first-order valence-corrected chi connectivity index (χ1v) is 7.85. The van der Waals surface area contributed by atoms with Crippen LogP contribution in [-0.2, 0) is 11.3 Å². The third-order valence-electron chi connectivity index (χ3n) is 4.10. The number of nitrogens with one attached hydrogen (secondary N) is 1. The van der Waals surface area contributed by atoms with Crippen molar-refractivity contribution < 1.29 is 4.74 Å². The van der Waals surface area contributed by atoms with E-state index in [0.717, 1.165) is 32.2 Å². The van der Waals surface area contributed by atoms with Crippen LogP contribution in [0.2, 0.25) is 0 Å². The van der Waals surface area contributed by atoms with Crippen molar-refractivity contribution in [3.05, 3.63) is 29.8 Å². The zero-order valence-corrected chi connectivity index (χ0v) is 14.2. The molecule has 5 heteroatoms. The molecule has 0 amide bonds. The lowest BCUT2D eigenvalue weighted by Gasteiger charge is -2.22. The molecule has 0 aliphatic carbocycles. The largest absolute Gasteiger partial charge is 0.384 e. The molecule has 0 radical (unpaired) electrons. The lowest BCUT2D eigenvalue weighted by molar-refractivity contribution is 0.157. The van der Waals surface area contributed by atoms with E-state index in [4.69, 9.17) is 4.74 Å². The first kappa shape index (κ1) is 16.6. The smallest absolute Gasteiger partial charge is 0.193 e. The van der Waals surface area contributed by atoms with Crippen molar-refractivity contribution in [1.82, 2.24) is 10.2 Å². The Morgan fingerprint density at radius 1 is 1.36 bits per heavy atom. The second-order valence-corrected chi connectivity index (χ2v) is 6.02. The Balaban J connectivity index is 1.86. The van der Waals surface area contributed by atoms with E-state index in [-0.39, 0.29) is 0 Å². The van der Waals surface area contributed by atoms with Crippen molar-refractivity contribution in [3.8, 4) is 0 Å². The van der Waals surface area contributed by atoms with Gasteiger partial charge in [0.15, 0.2) is 5.96 Å². The number of nitrogens with zero attached hydrogens (tertiary/aromatic N) is 3. The molecular weight excluding hydrogens is 276 g/mol.